The van der Waals surface area contributed by atoms with E-state index in [0.29, 0.717) is 11.8 Å². The molecule has 15 heavy (non-hydrogen) atoms. The topological polar surface area (TPSA) is 20.3 Å². The predicted molar refractivity (Wildman–Crippen MR) is 61.9 cm³/mol. The summed E-state index contributed by atoms with van der Waals surface area (Å²) in [6, 6.07) is 0.561. The fourth-order valence-corrected chi connectivity index (χ4v) is 2.67. The first-order chi connectivity index (χ1) is 7.25. The van der Waals surface area contributed by atoms with Crippen molar-refractivity contribution >= 4 is 5.78 Å². The van der Waals surface area contributed by atoms with Crippen LogP contribution in [-0.2, 0) is 4.79 Å². The second-order valence-corrected chi connectivity index (χ2v) is 5.35. The van der Waals surface area contributed by atoms with E-state index in [9.17, 15) is 4.79 Å². The number of nitrogens with zero attached hydrogens (tertiary/aromatic N) is 1. The number of hydrogen-bond acceptors (Lipinski definition) is 2. The maximum absolute atomic E-state index is 11.2. The van der Waals surface area contributed by atoms with Gasteiger partial charge in [0.15, 0.2) is 0 Å². The Morgan fingerprint density at radius 2 is 2.00 bits per heavy atom. The molecule has 2 fully saturated rings. The van der Waals surface area contributed by atoms with Crippen LogP contribution in [0.25, 0.3) is 0 Å². The number of ketones is 1. The van der Waals surface area contributed by atoms with Crippen LogP contribution in [0.15, 0.2) is 0 Å². The third-order valence-electron chi connectivity index (χ3n) is 3.71. The second kappa shape index (κ2) is 5.11. The molecule has 1 heterocycles. The first kappa shape index (κ1) is 11.1. The zero-order chi connectivity index (χ0) is 10.7. The Balaban J connectivity index is 1.89. The molecule has 0 N–H and O–H groups in total. The summed E-state index contributed by atoms with van der Waals surface area (Å²) in [5.41, 5.74) is 0. The van der Waals surface area contributed by atoms with Crippen molar-refractivity contribution in [2.45, 2.75) is 57.9 Å². The van der Waals surface area contributed by atoms with Gasteiger partial charge in [-0.2, -0.15) is 0 Å². The number of carbonyl (C=O) groups excluding carboxylic acids is 1. The summed E-state index contributed by atoms with van der Waals surface area (Å²) in [4.78, 5) is 13.8. The molecule has 1 aliphatic heterocycles. The average Bonchev–Trinajstić information content (AvgIpc) is 2.96. The number of hydrogen-bond donors (Lipinski definition) is 0. The van der Waals surface area contributed by atoms with E-state index in [0.717, 1.165) is 12.3 Å². The molecule has 1 saturated carbocycles. The molecule has 2 aliphatic rings. The molecule has 0 radical (unpaired) electrons. The van der Waals surface area contributed by atoms with Crippen LogP contribution < -0.4 is 0 Å². The molecular weight excluding hydrogens is 186 g/mol. The third-order valence-corrected chi connectivity index (χ3v) is 3.71. The van der Waals surface area contributed by atoms with E-state index in [1.165, 1.54) is 51.6 Å². The van der Waals surface area contributed by atoms with E-state index >= 15 is 0 Å². The van der Waals surface area contributed by atoms with E-state index < -0.39 is 0 Å². The Morgan fingerprint density at radius 3 is 2.67 bits per heavy atom. The van der Waals surface area contributed by atoms with Gasteiger partial charge in [0, 0.05) is 19.0 Å². The summed E-state index contributed by atoms with van der Waals surface area (Å²) in [5.74, 6) is 1.32. The summed E-state index contributed by atoms with van der Waals surface area (Å²) in [7, 11) is 0. The van der Waals surface area contributed by atoms with Crippen molar-refractivity contribution in [1.29, 1.82) is 0 Å². The predicted octanol–water partition coefficient (Wildman–Crippen LogP) is 2.62. The number of rotatable bonds is 4. The van der Waals surface area contributed by atoms with Gasteiger partial charge in [-0.15, -0.1) is 0 Å². The lowest BCUT2D eigenvalue weighted by Gasteiger charge is -2.29. The lowest BCUT2D eigenvalue weighted by molar-refractivity contribution is -0.118. The number of carbonyl (C=O) groups is 1. The van der Waals surface area contributed by atoms with Crippen molar-refractivity contribution in [2.75, 3.05) is 13.1 Å². The first-order valence-corrected chi connectivity index (χ1v) is 6.49. The lowest BCUT2D eigenvalue weighted by atomic mass is 10.0. The quantitative estimate of drug-likeness (QED) is 0.709. The maximum Gasteiger partial charge on any atom is 0.131 e. The Hall–Kier alpha value is -0.370. The second-order valence-electron chi connectivity index (χ2n) is 5.35. The van der Waals surface area contributed by atoms with Crippen molar-refractivity contribution < 1.29 is 4.79 Å². The zero-order valence-electron chi connectivity index (χ0n) is 9.87. The van der Waals surface area contributed by atoms with Crippen LogP contribution in [-0.4, -0.2) is 29.8 Å². The largest absolute Gasteiger partial charge is 0.300 e. The molecule has 2 rings (SSSR count). The van der Waals surface area contributed by atoms with Crippen molar-refractivity contribution in [2.24, 2.45) is 5.92 Å². The van der Waals surface area contributed by atoms with Gasteiger partial charge < -0.3 is 0 Å². The number of likely N-dealkylation sites (tertiary alicyclic amines) is 1. The van der Waals surface area contributed by atoms with Crippen LogP contribution >= 0.6 is 0 Å². The van der Waals surface area contributed by atoms with Crippen LogP contribution in [0.2, 0.25) is 0 Å². The van der Waals surface area contributed by atoms with Crippen LogP contribution in [0.4, 0.5) is 0 Å². The fraction of sp³-hybridized carbons (Fsp3) is 0.923. The molecule has 0 bridgehead atoms. The van der Waals surface area contributed by atoms with Crippen molar-refractivity contribution in [3.63, 3.8) is 0 Å². The highest BCUT2D eigenvalue weighted by atomic mass is 16.1. The smallest absolute Gasteiger partial charge is 0.131 e. The molecule has 0 spiro atoms. The highest BCUT2D eigenvalue weighted by molar-refractivity contribution is 5.76. The van der Waals surface area contributed by atoms with Crippen molar-refractivity contribution in [1.82, 2.24) is 4.90 Å². The summed E-state index contributed by atoms with van der Waals surface area (Å²) in [6.07, 6.45) is 8.88. The van der Waals surface area contributed by atoms with Gasteiger partial charge in [-0.25, -0.2) is 0 Å². The molecule has 1 aliphatic carbocycles. The van der Waals surface area contributed by atoms with Gasteiger partial charge in [-0.3, -0.25) is 9.69 Å². The van der Waals surface area contributed by atoms with Crippen molar-refractivity contribution in [3.05, 3.63) is 0 Å². The summed E-state index contributed by atoms with van der Waals surface area (Å²) in [5, 5.41) is 0. The molecule has 1 unspecified atom stereocenters. The minimum Gasteiger partial charge on any atom is -0.300 e. The lowest BCUT2D eigenvalue weighted by Crippen LogP contribution is -2.37. The minimum atomic E-state index is 0.364. The third kappa shape index (κ3) is 3.60. The van der Waals surface area contributed by atoms with Crippen LogP contribution in [0.5, 0.6) is 0 Å². The number of Topliss-reactive ketones (excluding diaryl/α,β-unsaturated/α-hetero) is 1. The van der Waals surface area contributed by atoms with Gasteiger partial charge in [0.2, 0.25) is 0 Å². The normalized spacial score (nSPS) is 28.7. The van der Waals surface area contributed by atoms with Crippen molar-refractivity contribution in [3.8, 4) is 0 Å². The van der Waals surface area contributed by atoms with E-state index in [4.69, 9.17) is 0 Å². The van der Waals surface area contributed by atoms with E-state index in [1.54, 1.807) is 6.92 Å². The fourth-order valence-electron chi connectivity index (χ4n) is 2.67. The average molecular weight is 209 g/mol. The SMILES string of the molecule is CC(=O)CC1CCCCCN1CC1CC1. The molecular formula is C13H23NO. The molecule has 86 valence electrons. The molecule has 1 atom stereocenters. The highest BCUT2D eigenvalue weighted by Gasteiger charge is 2.29. The standard InChI is InChI=1S/C13H23NO/c1-11(15)9-13-5-3-2-4-8-14(13)10-12-6-7-12/h12-13H,2-10H2,1H3. The summed E-state index contributed by atoms with van der Waals surface area (Å²) in [6.45, 7) is 4.23. The highest BCUT2D eigenvalue weighted by Crippen LogP contribution is 2.32. The van der Waals surface area contributed by atoms with Gasteiger partial charge >= 0.3 is 0 Å². The first-order valence-electron chi connectivity index (χ1n) is 6.49. The van der Waals surface area contributed by atoms with Crippen LogP contribution in [0.1, 0.15) is 51.9 Å². The van der Waals surface area contributed by atoms with Gasteiger partial charge in [-0.1, -0.05) is 12.8 Å². The Bertz CT molecular complexity index is 223. The Kier molecular flexibility index (Phi) is 3.79. The van der Waals surface area contributed by atoms with Crippen LogP contribution in [0.3, 0.4) is 0 Å². The molecule has 0 aromatic rings. The zero-order valence-corrected chi connectivity index (χ0v) is 9.87. The van der Waals surface area contributed by atoms with Gasteiger partial charge in [0.25, 0.3) is 0 Å². The molecule has 0 amide bonds. The summed E-state index contributed by atoms with van der Waals surface area (Å²) >= 11 is 0. The molecule has 0 aromatic carbocycles. The monoisotopic (exact) mass is 209 g/mol. The Labute approximate surface area is 93.0 Å². The molecule has 2 heteroatoms. The van der Waals surface area contributed by atoms with Gasteiger partial charge in [0.1, 0.15) is 5.78 Å². The van der Waals surface area contributed by atoms with E-state index in [1.807, 2.05) is 0 Å². The van der Waals surface area contributed by atoms with E-state index in [2.05, 4.69) is 4.90 Å². The van der Waals surface area contributed by atoms with Crippen LogP contribution in [0, 0.1) is 5.92 Å². The minimum absolute atomic E-state index is 0.364. The molecule has 2 nitrogen and oxygen atoms in total. The van der Waals surface area contributed by atoms with Gasteiger partial charge in [0.05, 0.1) is 0 Å². The Morgan fingerprint density at radius 1 is 1.20 bits per heavy atom. The van der Waals surface area contributed by atoms with Gasteiger partial charge in [-0.05, 0) is 45.1 Å². The maximum atomic E-state index is 11.2. The molecule has 0 aromatic heterocycles. The summed E-state index contributed by atoms with van der Waals surface area (Å²) < 4.78 is 0. The van der Waals surface area contributed by atoms with E-state index in [-0.39, 0.29) is 0 Å². The molecule has 1 saturated heterocycles.